The zero-order chi connectivity index (χ0) is 19.4. The topological polar surface area (TPSA) is 54.4 Å². The first-order valence-corrected chi connectivity index (χ1v) is 10.3. The van der Waals surface area contributed by atoms with Crippen LogP contribution >= 0.6 is 11.6 Å². The second kappa shape index (κ2) is 8.67. The Bertz CT molecular complexity index is 776. The van der Waals surface area contributed by atoms with Crippen LogP contribution in [-0.2, 0) is 11.3 Å². The van der Waals surface area contributed by atoms with Crippen molar-refractivity contribution in [1.82, 2.24) is 19.9 Å². The molecular weight excluding hydrogens is 362 g/mol. The van der Waals surface area contributed by atoms with Crippen LogP contribution in [0.5, 0.6) is 0 Å². The van der Waals surface area contributed by atoms with E-state index < -0.39 is 0 Å². The Morgan fingerprint density at radius 2 is 1.81 bits per heavy atom. The van der Waals surface area contributed by atoms with Gasteiger partial charge in [0.15, 0.2) is 5.82 Å². The summed E-state index contributed by atoms with van der Waals surface area (Å²) in [5.74, 6) is 0.821. The fraction of sp³-hybridized carbons (Fsp3) is 0.650. The molecule has 0 N–H and O–H groups in total. The zero-order valence-electron chi connectivity index (χ0n) is 16.8. The molecule has 27 heavy (non-hydrogen) atoms. The highest BCUT2D eigenvalue weighted by atomic mass is 35.5. The molecule has 2 aromatic rings. The van der Waals surface area contributed by atoms with Gasteiger partial charge in [-0.15, -0.1) is 0 Å². The summed E-state index contributed by atoms with van der Waals surface area (Å²) in [7, 11) is 0. The van der Waals surface area contributed by atoms with Crippen LogP contribution in [-0.4, -0.2) is 59.2 Å². The van der Waals surface area contributed by atoms with Crippen molar-refractivity contribution in [3.8, 4) is 0 Å². The summed E-state index contributed by atoms with van der Waals surface area (Å²) >= 11 is 6.14. The lowest BCUT2D eigenvalue weighted by atomic mass is 9.93. The monoisotopic (exact) mass is 391 g/mol. The number of morpholine rings is 1. The molecule has 148 valence electrons. The Balaban J connectivity index is 0.00000102. The van der Waals surface area contributed by atoms with Crippen LogP contribution < -0.4 is 4.90 Å². The Labute approximate surface area is 166 Å². The fourth-order valence-electron chi connectivity index (χ4n) is 3.68. The summed E-state index contributed by atoms with van der Waals surface area (Å²) in [6.45, 7) is 14.8. The van der Waals surface area contributed by atoms with Crippen LogP contribution in [0.25, 0.3) is 11.0 Å². The molecular formula is C20H30ClN5O. The normalized spacial score (nSPS) is 19.8. The zero-order valence-corrected chi connectivity index (χ0v) is 17.6. The van der Waals surface area contributed by atoms with Gasteiger partial charge in [0.2, 0.25) is 5.28 Å². The van der Waals surface area contributed by atoms with Gasteiger partial charge in [0.25, 0.3) is 0 Å². The molecule has 2 aromatic heterocycles. The predicted octanol–water partition coefficient (Wildman–Crippen LogP) is 3.77. The highest BCUT2D eigenvalue weighted by Gasteiger charge is 2.29. The van der Waals surface area contributed by atoms with Crippen LogP contribution in [0.3, 0.4) is 0 Å². The largest absolute Gasteiger partial charge is 0.378 e. The Morgan fingerprint density at radius 1 is 1.07 bits per heavy atom. The third-order valence-corrected chi connectivity index (χ3v) is 5.18. The van der Waals surface area contributed by atoms with Crippen molar-refractivity contribution >= 4 is 28.5 Å². The number of fused-ring (bicyclic) bond motifs is 1. The molecule has 0 aliphatic carbocycles. The molecule has 2 saturated heterocycles. The molecule has 0 aromatic carbocycles. The number of ether oxygens (including phenoxy) is 1. The van der Waals surface area contributed by atoms with Crippen molar-refractivity contribution in [3.05, 3.63) is 23.1 Å². The van der Waals surface area contributed by atoms with E-state index >= 15 is 0 Å². The third kappa shape index (κ3) is 4.86. The number of hydrogen-bond acceptors (Lipinski definition) is 6. The van der Waals surface area contributed by atoms with E-state index in [4.69, 9.17) is 21.3 Å². The fourth-order valence-corrected chi connectivity index (χ4v) is 3.85. The molecule has 0 bridgehead atoms. The summed E-state index contributed by atoms with van der Waals surface area (Å²) in [5, 5.41) is 0.268. The van der Waals surface area contributed by atoms with E-state index in [0.29, 0.717) is 18.6 Å². The van der Waals surface area contributed by atoms with Crippen molar-refractivity contribution in [3.63, 3.8) is 0 Å². The van der Waals surface area contributed by atoms with Gasteiger partial charge in [0, 0.05) is 26.2 Å². The minimum atomic E-state index is 0.268. The number of aromatic nitrogens is 3. The highest BCUT2D eigenvalue weighted by molar-refractivity contribution is 6.28. The van der Waals surface area contributed by atoms with Crippen LogP contribution in [0, 0.1) is 5.41 Å². The molecule has 2 fully saturated rings. The molecule has 4 rings (SSSR count). The minimum absolute atomic E-state index is 0.268. The molecule has 0 amide bonds. The van der Waals surface area contributed by atoms with Gasteiger partial charge in [0.1, 0.15) is 5.52 Å². The van der Waals surface area contributed by atoms with E-state index in [-0.39, 0.29) is 5.28 Å². The smallest absolute Gasteiger partial charge is 0.225 e. The molecule has 6 nitrogen and oxygen atoms in total. The summed E-state index contributed by atoms with van der Waals surface area (Å²) < 4.78 is 5.45. The number of nitrogens with zero attached hydrogens (tertiary/aromatic N) is 5. The van der Waals surface area contributed by atoms with Crippen molar-refractivity contribution in [2.45, 2.75) is 40.7 Å². The van der Waals surface area contributed by atoms with E-state index in [1.54, 1.807) is 0 Å². The lowest BCUT2D eigenvalue weighted by molar-refractivity contribution is 0.122. The number of halogens is 1. The number of likely N-dealkylation sites (tertiary alicyclic amines) is 1. The Kier molecular flexibility index (Phi) is 6.50. The predicted molar refractivity (Wildman–Crippen MR) is 110 cm³/mol. The number of pyridine rings is 1. The van der Waals surface area contributed by atoms with E-state index in [0.717, 1.165) is 55.3 Å². The minimum Gasteiger partial charge on any atom is -0.378 e. The molecule has 0 radical (unpaired) electrons. The van der Waals surface area contributed by atoms with E-state index in [9.17, 15) is 0 Å². The number of anilines is 1. The van der Waals surface area contributed by atoms with E-state index in [1.165, 1.54) is 6.42 Å². The lowest BCUT2D eigenvalue weighted by Gasteiger charge is -2.28. The molecule has 0 spiro atoms. The van der Waals surface area contributed by atoms with Crippen molar-refractivity contribution in [1.29, 1.82) is 0 Å². The van der Waals surface area contributed by atoms with Crippen molar-refractivity contribution in [2.24, 2.45) is 5.41 Å². The molecule has 0 atom stereocenters. The molecule has 7 heteroatoms. The second-order valence-electron chi connectivity index (χ2n) is 7.71. The first-order valence-electron chi connectivity index (χ1n) is 9.88. The second-order valence-corrected chi connectivity index (χ2v) is 8.05. The van der Waals surface area contributed by atoms with Crippen LogP contribution in [0.15, 0.2) is 12.1 Å². The van der Waals surface area contributed by atoms with E-state index in [1.807, 2.05) is 19.9 Å². The maximum absolute atomic E-state index is 6.14. The van der Waals surface area contributed by atoms with Crippen LogP contribution in [0.4, 0.5) is 5.82 Å². The van der Waals surface area contributed by atoms with Crippen LogP contribution in [0.2, 0.25) is 5.28 Å². The van der Waals surface area contributed by atoms with Gasteiger partial charge in [-0.05, 0) is 42.1 Å². The van der Waals surface area contributed by atoms with Crippen molar-refractivity contribution < 1.29 is 4.74 Å². The first-order chi connectivity index (χ1) is 13.0. The summed E-state index contributed by atoms with van der Waals surface area (Å²) in [4.78, 5) is 18.4. The van der Waals surface area contributed by atoms with E-state index in [2.05, 4.69) is 39.7 Å². The van der Waals surface area contributed by atoms with Gasteiger partial charge in [-0.2, -0.15) is 4.98 Å². The summed E-state index contributed by atoms with van der Waals surface area (Å²) in [6, 6.07) is 4.07. The highest BCUT2D eigenvalue weighted by Crippen LogP contribution is 2.30. The molecule has 4 heterocycles. The lowest BCUT2D eigenvalue weighted by Crippen LogP contribution is -2.37. The maximum Gasteiger partial charge on any atom is 0.225 e. The summed E-state index contributed by atoms with van der Waals surface area (Å²) in [5.41, 5.74) is 3.09. The Hall–Kier alpha value is -1.50. The standard InChI is InChI=1S/C18H24ClN5O.C2H6/c1-18(2)5-6-23(12-18)11-13-3-4-14-15(20-13)16(22-17(19)21-14)24-7-9-25-10-8-24;1-2/h3-4H,5-12H2,1-2H3;1-2H3. The van der Waals surface area contributed by atoms with Gasteiger partial charge >= 0.3 is 0 Å². The van der Waals surface area contributed by atoms with Gasteiger partial charge in [-0.1, -0.05) is 27.7 Å². The van der Waals surface area contributed by atoms with Crippen LogP contribution in [0.1, 0.15) is 39.8 Å². The quantitative estimate of drug-likeness (QED) is 0.742. The average molecular weight is 392 g/mol. The molecule has 2 aliphatic heterocycles. The van der Waals surface area contributed by atoms with Gasteiger partial charge < -0.3 is 9.64 Å². The van der Waals surface area contributed by atoms with Gasteiger partial charge in [0.05, 0.1) is 24.4 Å². The molecule has 0 saturated carbocycles. The number of hydrogen-bond donors (Lipinski definition) is 0. The third-order valence-electron chi connectivity index (χ3n) is 5.01. The maximum atomic E-state index is 6.14. The van der Waals surface area contributed by atoms with Gasteiger partial charge in [-0.25, -0.2) is 9.97 Å². The number of rotatable bonds is 3. The first kappa shape index (κ1) is 20.2. The molecule has 0 unspecified atom stereocenters. The van der Waals surface area contributed by atoms with Crippen molar-refractivity contribution in [2.75, 3.05) is 44.3 Å². The molecule has 2 aliphatic rings. The average Bonchev–Trinajstić information content (AvgIpc) is 3.02. The SMILES string of the molecule is CC.CC1(C)CCN(Cc2ccc3nc(Cl)nc(N4CCOCC4)c3n2)C1. The Morgan fingerprint density at radius 3 is 2.48 bits per heavy atom. The van der Waals surface area contributed by atoms with Gasteiger partial charge in [-0.3, -0.25) is 4.90 Å². The summed E-state index contributed by atoms with van der Waals surface area (Å²) in [6.07, 6.45) is 1.23.